The molecule has 0 amide bonds. The number of nitrogens with two attached hydrogens (primary N) is 1. The summed E-state index contributed by atoms with van der Waals surface area (Å²) in [6.45, 7) is 0. The van der Waals surface area contributed by atoms with E-state index in [0.29, 0.717) is 11.6 Å². The van der Waals surface area contributed by atoms with Crippen LogP contribution in [0.2, 0.25) is 0 Å². The van der Waals surface area contributed by atoms with Crippen LogP contribution in [0.4, 0.5) is 0 Å². The van der Waals surface area contributed by atoms with E-state index in [4.69, 9.17) is 0 Å². The topological polar surface area (TPSA) is 73.8 Å². The van der Waals surface area contributed by atoms with Gasteiger partial charge < -0.3 is 15.2 Å². The molecule has 0 saturated heterocycles. The lowest BCUT2D eigenvalue weighted by Gasteiger charge is -2.15. The Balaban J connectivity index is 1.99. The van der Waals surface area contributed by atoms with Crippen molar-refractivity contribution in [3.63, 3.8) is 0 Å². The lowest BCUT2D eigenvalue weighted by atomic mass is 10.0. The van der Waals surface area contributed by atoms with E-state index < -0.39 is 12.0 Å². The van der Waals surface area contributed by atoms with E-state index >= 15 is 0 Å². The summed E-state index contributed by atoms with van der Waals surface area (Å²) >= 11 is 3.29. The van der Waals surface area contributed by atoms with Gasteiger partial charge in [-0.05, 0) is 12.1 Å². The fourth-order valence-corrected chi connectivity index (χ4v) is 2.06. The molecule has 1 atom stereocenters. The van der Waals surface area contributed by atoms with Crippen LogP contribution in [-0.2, 0) is 4.79 Å². The van der Waals surface area contributed by atoms with Crippen molar-refractivity contribution in [1.29, 1.82) is 0 Å². The molecule has 0 aliphatic heterocycles. The summed E-state index contributed by atoms with van der Waals surface area (Å²) in [5, 5.41) is 12.7. The van der Waals surface area contributed by atoms with E-state index in [1.165, 1.54) is 0 Å². The van der Waals surface area contributed by atoms with Gasteiger partial charge in [-0.15, -0.1) is 0 Å². The van der Waals surface area contributed by atoms with E-state index in [-0.39, 0.29) is 12.2 Å². The number of halogens is 1. The van der Waals surface area contributed by atoms with Gasteiger partial charge in [0.1, 0.15) is 6.04 Å². The molecule has 0 spiro atoms. The Morgan fingerprint density at radius 3 is 2.44 bits per heavy atom. The molecule has 0 radical (unpaired) electrons. The quantitative estimate of drug-likeness (QED) is 0.744. The lowest BCUT2D eigenvalue weighted by molar-refractivity contribution is -0.695. The second-order valence-electron chi connectivity index (χ2n) is 4.59. The van der Waals surface area contributed by atoms with Gasteiger partial charge >= 0.3 is 0 Å². The molecule has 1 aromatic rings. The van der Waals surface area contributed by atoms with Crippen LogP contribution in [0.25, 0.3) is 0 Å². The third-order valence-corrected chi connectivity index (χ3v) is 3.53. The lowest BCUT2D eigenvalue weighted by Crippen LogP contribution is -2.94. The van der Waals surface area contributed by atoms with Crippen LogP contribution in [0.1, 0.15) is 29.6 Å². The molecule has 1 saturated carbocycles. The van der Waals surface area contributed by atoms with Crippen LogP contribution in [0.5, 0.6) is 0 Å². The van der Waals surface area contributed by atoms with Gasteiger partial charge in [0, 0.05) is 22.9 Å². The zero-order valence-corrected chi connectivity index (χ0v) is 11.4. The molecule has 0 heterocycles. The predicted octanol–water partition coefficient (Wildman–Crippen LogP) is -0.134. The number of carboxylic acids is 1. The highest BCUT2D eigenvalue weighted by Crippen LogP contribution is 2.15. The Bertz CT molecular complexity index is 454. The van der Waals surface area contributed by atoms with Crippen LogP contribution < -0.4 is 10.4 Å². The van der Waals surface area contributed by atoms with Gasteiger partial charge in [-0.2, -0.15) is 0 Å². The Morgan fingerprint density at radius 2 is 1.94 bits per heavy atom. The molecule has 96 valence electrons. The van der Waals surface area contributed by atoms with Crippen LogP contribution in [0, 0.1) is 0 Å². The average Bonchev–Trinajstić information content (AvgIpc) is 3.12. The number of Topliss-reactive ketones (excluding diaryl/α,β-unsaturated/α-hetero) is 1. The van der Waals surface area contributed by atoms with Gasteiger partial charge in [-0.1, -0.05) is 28.1 Å². The standard InChI is InChI=1S/C13H14BrNO3/c14-9-3-1-8(2-4-9)12(16)7-11(13(17)18)15-10-5-6-10/h1-4,10-11,15H,5-7H2,(H,17,18)/t11-/m1/s1. The van der Waals surface area contributed by atoms with E-state index in [1.54, 1.807) is 29.6 Å². The summed E-state index contributed by atoms with van der Waals surface area (Å²) in [7, 11) is 0. The first-order valence-corrected chi connectivity index (χ1v) is 6.70. The highest BCUT2D eigenvalue weighted by atomic mass is 79.9. The summed E-state index contributed by atoms with van der Waals surface area (Å²) in [4.78, 5) is 22.9. The highest BCUT2D eigenvalue weighted by Gasteiger charge is 2.31. The third kappa shape index (κ3) is 3.65. The summed E-state index contributed by atoms with van der Waals surface area (Å²) in [6, 6.07) is 6.50. The largest absolute Gasteiger partial charge is 0.544 e. The number of aliphatic carboxylic acids is 1. The van der Waals surface area contributed by atoms with Crippen LogP contribution in [-0.4, -0.2) is 23.8 Å². The first-order chi connectivity index (χ1) is 8.56. The number of quaternary nitrogens is 1. The smallest absolute Gasteiger partial charge is 0.169 e. The van der Waals surface area contributed by atoms with Gasteiger partial charge in [-0.25, -0.2) is 0 Å². The first-order valence-electron chi connectivity index (χ1n) is 5.91. The summed E-state index contributed by atoms with van der Waals surface area (Å²) < 4.78 is 0.889. The van der Waals surface area contributed by atoms with Crippen LogP contribution >= 0.6 is 15.9 Å². The van der Waals surface area contributed by atoms with Crippen molar-refractivity contribution >= 4 is 27.7 Å². The maximum absolute atomic E-state index is 11.9. The molecule has 1 fully saturated rings. The highest BCUT2D eigenvalue weighted by molar-refractivity contribution is 9.10. The van der Waals surface area contributed by atoms with Gasteiger partial charge in [0.05, 0.1) is 18.4 Å². The summed E-state index contributed by atoms with van der Waals surface area (Å²) in [5.41, 5.74) is 0.536. The fourth-order valence-electron chi connectivity index (χ4n) is 1.80. The van der Waals surface area contributed by atoms with E-state index in [2.05, 4.69) is 15.9 Å². The van der Waals surface area contributed by atoms with Crippen molar-refractivity contribution in [3.05, 3.63) is 34.3 Å². The van der Waals surface area contributed by atoms with Gasteiger partial charge in [0.25, 0.3) is 0 Å². The van der Waals surface area contributed by atoms with Crippen LogP contribution in [0.15, 0.2) is 28.7 Å². The Kier molecular flexibility index (Phi) is 4.14. The maximum Gasteiger partial charge on any atom is 0.169 e. The number of carbonyl (C=O) groups excluding carboxylic acids is 2. The van der Waals surface area contributed by atoms with Crippen molar-refractivity contribution in [2.75, 3.05) is 0 Å². The Morgan fingerprint density at radius 1 is 1.33 bits per heavy atom. The van der Waals surface area contributed by atoms with Gasteiger partial charge in [0.2, 0.25) is 0 Å². The van der Waals surface area contributed by atoms with Gasteiger partial charge in [0.15, 0.2) is 5.78 Å². The normalized spacial score (nSPS) is 16.3. The number of benzene rings is 1. The zero-order chi connectivity index (χ0) is 13.1. The molecule has 0 bridgehead atoms. The summed E-state index contributed by atoms with van der Waals surface area (Å²) in [6.07, 6.45) is 2.03. The second-order valence-corrected chi connectivity index (χ2v) is 5.51. The average molecular weight is 312 g/mol. The van der Waals surface area contributed by atoms with E-state index in [1.807, 2.05) is 0 Å². The molecule has 4 nitrogen and oxygen atoms in total. The molecule has 1 aliphatic carbocycles. The predicted molar refractivity (Wildman–Crippen MR) is 66.8 cm³/mol. The molecule has 1 aliphatic rings. The number of rotatable bonds is 6. The Hall–Kier alpha value is -1.20. The van der Waals surface area contributed by atoms with Crippen molar-refractivity contribution in [3.8, 4) is 0 Å². The molecule has 5 heteroatoms. The molecular weight excluding hydrogens is 298 g/mol. The van der Waals surface area contributed by atoms with E-state index in [9.17, 15) is 14.7 Å². The molecular formula is C13H14BrNO3. The monoisotopic (exact) mass is 311 g/mol. The van der Waals surface area contributed by atoms with Crippen molar-refractivity contribution < 1.29 is 20.0 Å². The minimum atomic E-state index is -1.16. The molecule has 0 aromatic heterocycles. The number of carboxylic acid groups (broad SMARTS) is 1. The SMILES string of the molecule is O=C(C[C@@H]([NH2+]C1CC1)C(=O)[O-])c1ccc(Br)cc1. The number of hydrogen-bond acceptors (Lipinski definition) is 3. The maximum atomic E-state index is 11.9. The van der Waals surface area contributed by atoms with E-state index in [0.717, 1.165) is 17.3 Å². The number of carbonyl (C=O) groups is 2. The van der Waals surface area contributed by atoms with Crippen molar-refractivity contribution in [2.24, 2.45) is 0 Å². The van der Waals surface area contributed by atoms with Crippen molar-refractivity contribution in [1.82, 2.24) is 0 Å². The Labute approximate surface area is 114 Å². The van der Waals surface area contributed by atoms with Crippen LogP contribution in [0.3, 0.4) is 0 Å². The number of hydrogen-bond donors (Lipinski definition) is 1. The third-order valence-electron chi connectivity index (χ3n) is 3.00. The minimum Gasteiger partial charge on any atom is -0.544 e. The fraction of sp³-hybridized carbons (Fsp3) is 0.385. The molecule has 18 heavy (non-hydrogen) atoms. The zero-order valence-electron chi connectivity index (χ0n) is 9.77. The second kappa shape index (κ2) is 5.63. The summed E-state index contributed by atoms with van der Waals surface area (Å²) in [5.74, 6) is -1.32. The number of ketones is 1. The molecule has 2 rings (SSSR count). The molecule has 0 unspecified atom stereocenters. The van der Waals surface area contributed by atoms with Crippen molar-refractivity contribution in [2.45, 2.75) is 31.3 Å². The minimum absolute atomic E-state index is 0.0134. The molecule has 1 aromatic carbocycles. The van der Waals surface area contributed by atoms with Gasteiger partial charge in [-0.3, -0.25) is 4.79 Å². The first kappa shape index (κ1) is 13.2. The molecule has 2 N–H and O–H groups in total.